The Hall–Kier alpha value is -3.72. The number of rotatable bonds is 8. The van der Waals surface area contributed by atoms with E-state index in [0.717, 1.165) is 28.0 Å². The highest BCUT2D eigenvalue weighted by molar-refractivity contribution is 7.92. The molecule has 0 bridgehead atoms. The molecule has 0 saturated carbocycles. The fourth-order valence-corrected chi connectivity index (χ4v) is 5.27. The Morgan fingerprint density at radius 3 is 2.44 bits per heavy atom. The van der Waals surface area contributed by atoms with Crippen molar-refractivity contribution >= 4 is 33.2 Å². The van der Waals surface area contributed by atoms with Crippen molar-refractivity contribution in [1.29, 1.82) is 0 Å². The molecule has 0 aromatic heterocycles. The number of nitrogens with zero attached hydrogens (tertiary/aromatic N) is 2. The van der Waals surface area contributed by atoms with Crippen LogP contribution < -0.4 is 14.5 Å². The summed E-state index contributed by atoms with van der Waals surface area (Å²) in [4.78, 5) is 26.4. The molecule has 1 saturated heterocycles. The predicted octanol–water partition coefficient (Wildman–Crippen LogP) is 3.46. The standard InChI is InChI=1S/C25H24FN3O4S/c26-22-12-4-5-13-23(22)29(34(32,33)21-10-2-1-3-11-21)18-24(30)27-17-19-8-6-9-20(16-19)28-15-7-14-25(28)31/h1-6,8-13,16H,7,14-15,17-18H2,(H,27,30). The Morgan fingerprint density at radius 2 is 1.74 bits per heavy atom. The number of anilines is 2. The van der Waals surface area contributed by atoms with Gasteiger partial charge < -0.3 is 10.2 Å². The van der Waals surface area contributed by atoms with E-state index in [1.54, 1.807) is 35.2 Å². The smallest absolute Gasteiger partial charge is 0.264 e. The van der Waals surface area contributed by atoms with E-state index in [9.17, 15) is 22.4 Å². The first kappa shape index (κ1) is 23.4. The summed E-state index contributed by atoms with van der Waals surface area (Å²) in [5.74, 6) is -1.28. The monoisotopic (exact) mass is 481 g/mol. The first-order chi connectivity index (χ1) is 16.4. The Kier molecular flexibility index (Phi) is 6.93. The largest absolute Gasteiger partial charge is 0.350 e. The van der Waals surface area contributed by atoms with E-state index in [2.05, 4.69) is 5.32 Å². The molecule has 1 aliphatic heterocycles. The number of hydrogen-bond acceptors (Lipinski definition) is 4. The lowest BCUT2D eigenvalue weighted by molar-refractivity contribution is -0.120. The molecule has 4 rings (SSSR count). The topological polar surface area (TPSA) is 86.8 Å². The highest BCUT2D eigenvalue weighted by atomic mass is 32.2. The van der Waals surface area contributed by atoms with Crippen molar-refractivity contribution in [2.75, 3.05) is 22.3 Å². The van der Waals surface area contributed by atoms with Crippen LogP contribution in [0.3, 0.4) is 0 Å². The summed E-state index contributed by atoms with van der Waals surface area (Å²) in [6, 6.07) is 20.3. The Morgan fingerprint density at radius 1 is 1.00 bits per heavy atom. The zero-order valence-electron chi connectivity index (χ0n) is 18.4. The van der Waals surface area contributed by atoms with Crippen molar-refractivity contribution in [1.82, 2.24) is 5.32 Å². The molecule has 7 nitrogen and oxygen atoms in total. The van der Waals surface area contributed by atoms with E-state index in [-0.39, 0.29) is 23.0 Å². The normalized spacial score (nSPS) is 13.7. The number of carbonyl (C=O) groups is 2. The van der Waals surface area contributed by atoms with Gasteiger partial charge in [-0.25, -0.2) is 12.8 Å². The number of nitrogens with one attached hydrogen (secondary N) is 1. The molecule has 176 valence electrons. The third-order valence-electron chi connectivity index (χ3n) is 5.52. The predicted molar refractivity (Wildman–Crippen MR) is 127 cm³/mol. The maximum absolute atomic E-state index is 14.5. The molecule has 0 spiro atoms. The highest BCUT2D eigenvalue weighted by Crippen LogP contribution is 2.26. The van der Waals surface area contributed by atoms with Crippen molar-refractivity contribution in [2.24, 2.45) is 0 Å². The molecular weight excluding hydrogens is 457 g/mol. The first-order valence-electron chi connectivity index (χ1n) is 10.8. The number of halogens is 1. The lowest BCUT2D eigenvalue weighted by Gasteiger charge is -2.24. The van der Waals surface area contributed by atoms with Gasteiger partial charge in [0.2, 0.25) is 11.8 Å². The van der Waals surface area contributed by atoms with Gasteiger partial charge in [0, 0.05) is 25.2 Å². The fraction of sp³-hybridized carbons (Fsp3) is 0.200. The molecule has 1 N–H and O–H groups in total. The van der Waals surface area contributed by atoms with Gasteiger partial charge in [-0.2, -0.15) is 0 Å². The van der Waals surface area contributed by atoms with E-state index < -0.39 is 28.3 Å². The molecule has 0 aliphatic carbocycles. The minimum absolute atomic E-state index is 0.0472. The molecule has 0 radical (unpaired) electrons. The van der Waals surface area contributed by atoms with Crippen LogP contribution in [-0.2, 0) is 26.2 Å². The van der Waals surface area contributed by atoms with Crippen LogP contribution in [0.4, 0.5) is 15.8 Å². The summed E-state index contributed by atoms with van der Waals surface area (Å²) in [6.45, 7) is 0.192. The van der Waals surface area contributed by atoms with Crippen molar-refractivity contribution in [2.45, 2.75) is 24.3 Å². The quantitative estimate of drug-likeness (QED) is 0.534. The van der Waals surface area contributed by atoms with Crippen LogP contribution in [0.2, 0.25) is 0 Å². The van der Waals surface area contributed by atoms with Crippen LogP contribution in [0, 0.1) is 5.82 Å². The van der Waals surface area contributed by atoms with Crippen molar-refractivity contribution in [3.63, 3.8) is 0 Å². The molecule has 2 amide bonds. The highest BCUT2D eigenvalue weighted by Gasteiger charge is 2.29. The van der Waals surface area contributed by atoms with Gasteiger partial charge in [0.25, 0.3) is 10.0 Å². The molecular formula is C25H24FN3O4S. The summed E-state index contributed by atoms with van der Waals surface area (Å²) >= 11 is 0. The lowest BCUT2D eigenvalue weighted by Crippen LogP contribution is -2.41. The summed E-state index contributed by atoms with van der Waals surface area (Å²) in [5.41, 5.74) is 1.30. The molecule has 1 heterocycles. The van der Waals surface area contributed by atoms with Gasteiger partial charge in [-0.1, -0.05) is 42.5 Å². The minimum Gasteiger partial charge on any atom is -0.350 e. The van der Waals surface area contributed by atoms with Gasteiger partial charge in [-0.3, -0.25) is 13.9 Å². The van der Waals surface area contributed by atoms with Gasteiger partial charge >= 0.3 is 0 Å². The number of sulfonamides is 1. The summed E-state index contributed by atoms with van der Waals surface area (Å²) in [6.07, 6.45) is 1.32. The number of carbonyl (C=O) groups excluding carboxylic acids is 2. The Labute approximate surface area is 197 Å². The average Bonchev–Trinajstić information content (AvgIpc) is 3.28. The summed E-state index contributed by atoms with van der Waals surface area (Å²) < 4.78 is 41.8. The van der Waals surface area contributed by atoms with Gasteiger partial charge in [0.05, 0.1) is 10.6 Å². The molecule has 34 heavy (non-hydrogen) atoms. The summed E-state index contributed by atoms with van der Waals surface area (Å²) in [5, 5.41) is 2.70. The van der Waals surface area contributed by atoms with E-state index in [1.807, 2.05) is 12.1 Å². The molecule has 0 atom stereocenters. The van der Waals surface area contributed by atoms with Crippen LogP contribution in [0.15, 0.2) is 83.8 Å². The third kappa shape index (κ3) is 5.09. The van der Waals surface area contributed by atoms with E-state index in [1.165, 1.54) is 30.3 Å². The second-order valence-corrected chi connectivity index (χ2v) is 9.73. The second-order valence-electron chi connectivity index (χ2n) is 7.87. The molecule has 3 aromatic rings. The Balaban J connectivity index is 1.52. The number of para-hydroxylation sites is 1. The first-order valence-corrected chi connectivity index (χ1v) is 12.3. The van der Waals surface area contributed by atoms with E-state index >= 15 is 0 Å². The molecule has 1 aliphatic rings. The molecule has 9 heteroatoms. The van der Waals surface area contributed by atoms with Gasteiger partial charge in [0.1, 0.15) is 12.4 Å². The van der Waals surface area contributed by atoms with Crippen molar-refractivity contribution in [3.8, 4) is 0 Å². The average molecular weight is 482 g/mol. The number of amides is 2. The lowest BCUT2D eigenvalue weighted by atomic mass is 10.2. The third-order valence-corrected chi connectivity index (χ3v) is 7.30. The zero-order chi connectivity index (χ0) is 24.1. The van der Waals surface area contributed by atoms with Crippen LogP contribution in [0.5, 0.6) is 0 Å². The molecule has 1 fully saturated rings. The van der Waals surface area contributed by atoms with Crippen molar-refractivity contribution < 1.29 is 22.4 Å². The van der Waals surface area contributed by atoms with Crippen molar-refractivity contribution in [3.05, 3.63) is 90.2 Å². The molecule has 0 unspecified atom stereocenters. The number of benzene rings is 3. The maximum Gasteiger partial charge on any atom is 0.264 e. The Bertz CT molecular complexity index is 1300. The van der Waals surface area contributed by atoms with Gasteiger partial charge in [-0.15, -0.1) is 0 Å². The summed E-state index contributed by atoms with van der Waals surface area (Å²) in [7, 11) is -4.19. The minimum atomic E-state index is -4.19. The van der Waals surface area contributed by atoms with Crippen LogP contribution >= 0.6 is 0 Å². The zero-order valence-corrected chi connectivity index (χ0v) is 19.2. The second kappa shape index (κ2) is 10.0. The van der Waals surface area contributed by atoms with E-state index in [0.29, 0.717) is 13.0 Å². The maximum atomic E-state index is 14.5. The van der Waals surface area contributed by atoms with E-state index in [4.69, 9.17) is 0 Å². The SMILES string of the molecule is O=C(CN(c1ccccc1F)S(=O)(=O)c1ccccc1)NCc1cccc(N2CCCC2=O)c1. The van der Waals surface area contributed by atoms with Crippen LogP contribution in [0.1, 0.15) is 18.4 Å². The van der Waals surface area contributed by atoms with Crippen LogP contribution in [-0.4, -0.2) is 33.3 Å². The number of hydrogen-bond donors (Lipinski definition) is 1. The fourth-order valence-electron chi connectivity index (χ4n) is 3.82. The van der Waals surface area contributed by atoms with Gasteiger partial charge in [-0.05, 0) is 48.4 Å². The van der Waals surface area contributed by atoms with Crippen LogP contribution in [0.25, 0.3) is 0 Å². The van der Waals surface area contributed by atoms with Gasteiger partial charge in [0.15, 0.2) is 0 Å². The molecule has 3 aromatic carbocycles.